The summed E-state index contributed by atoms with van der Waals surface area (Å²) in [6.45, 7) is 2.77. The fourth-order valence-electron chi connectivity index (χ4n) is 2.86. The molecule has 6 heteroatoms. The van der Waals surface area contributed by atoms with E-state index in [0.717, 1.165) is 19.3 Å². The van der Waals surface area contributed by atoms with E-state index >= 15 is 0 Å². The van der Waals surface area contributed by atoms with Crippen molar-refractivity contribution in [1.82, 2.24) is 0 Å². The lowest BCUT2D eigenvalue weighted by Crippen LogP contribution is -2.39. The zero-order valence-corrected chi connectivity index (χ0v) is 14.6. The largest absolute Gasteiger partial charge is 0.482 e. The molecule has 0 unspecified atom stereocenters. The van der Waals surface area contributed by atoms with Crippen LogP contribution in [-0.2, 0) is 9.59 Å². The number of carbonyl (C=O) groups is 3. The maximum Gasteiger partial charge on any atom is 0.303 e. The van der Waals surface area contributed by atoms with Gasteiger partial charge >= 0.3 is 5.97 Å². The smallest absolute Gasteiger partial charge is 0.303 e. The molecule has 0 radical (unpaired) electrons. The van der Waals surface area contributed by atoms with Gasteiger partial charge < -0.3 is 14.7 Å². The molecule has 0 aromatic heterocycles. The van der Waals surface area contributed by atoms with Crippen molar-refractivity contribution < 1.29 is 24.2 Å². The Labute approximate surface area is 147 Å². The Morgan fingerprint density at radius 3 is 2.64 bits per heavy atom. The van der Waals surface area contributed by atoms with Gasteiger partial charge in [0.2, 0.25) is 0 Å². The summed E-state index contributed by atoms with van der Waals surface area (Å²) < 4.78 is 5.45. The van der Waals surface area contributed by atoms with Gasteiger partial charge in [-0.2, -0.15) is 0 Å². The van der Waals surface area contributed by atoms with Gasteiger partial charge in [-0.15, -0.1) is 0 Å². The van der Waals surface area contributed by atoms with Gasteiger partial charge in [0.05, 0.1) is 12.1 Å². The standard InChI is InChI=1S/C19H25NO5/c1-2-3-4-5-6-11-20-15-12-14(16(21)8-10-19(23)24)7-9-17(15)25-13-18(20)22/h7,9,12H,2-6,8,10-11,13H2,1H3,(H,23,24). The van der Waals surface area contributed by atoms with Crippen LogP contribution in [-0.4, -0.2) is 35.9 Å². The van der Waals surface area contributed by atoms with E-state index in [1.54, 1.807) is 23.1 Å². The molecular weight excluding hydrogens is 322 g/mol. The molecule has 1 aromatic carbocycles. The number of aliphatic carboxylic acids is 1. The highest BCUT2D eigenvalue weighted by molar-refractivity contribution is 6.02. The second-order valence-corrected chi connectivity index (χ2v) is 6.25. The average Bonchev–Trinajstić information content (AvgIpc) is 2.60. The first kappa shape index (κ1) is 19.0. The quantitative estimate of drug-likeness (QED) is 0.518. The lowest BCUT2D eigenvalue weighted by Gasteiger charge is -2.29. The molecule has 0 fully saturated rings. The van der Waals surface area contributed by atoms with Gasteiger partial charge in [-0.3, -0.25) is 14.4 Å². The molecule has 1 aliphatic rings. The lowest BCUT2D eigenvalue weighted by atomic mass is 10.0. The lowest BCUT2D eigenvalue weighted by molar-refractivity contribution is -0.137. The Hall–Kier alpha value is -2.37. The van der Waals surface area contributed by atoms with Crippen LogP contribution in [0.3, 0.4) is 0 Å². The summed E-state index contributed by atoms with van der Waals surface area (Å²) in [6, 6.07) is 4.95. The van der Waals surface area contributed by atoms with Gasteiger partial charge in [0.25, 0.3) is 5.91 Å². The first-order valence-corrected chi connectivity index (χ1v) is 8.85. The third-order valence-corrected chi connectivity index (χ3v) is 4.28. The number of carbonyl (C=O) groups excluding carboxylic acids is 2. The van der Waals surface area contributed by atoms with Crippen LogP contribution in [0.1, 0.15) is 62.2 Å². The minimum Gasteiger partial charge on any atom is -0.482 e. The number of hydrogen-bond acceptors (Lipinski definition) is 4. The predicted molar refractivity (Wildman–Crippen MR) is 94.2 cm³/mol. The highest BCUT2D eigenvalue weighted by Gasteiger charge is 2.26. The molecule has 136 valence electrons. The normalized spacial score (nSPS) is 13.3. The maximum absolute atomic E-state index is 12.2. The Balaban J connectivity index is 2.08. The Morgan fingerprint density at radius 2 is 1.92 bits per heavy atom. The van der Waals surface area contributed by atoms with Crippen molar-refractivity contribution >= 4 is 23.3 Å². The Morgan fingerprint density at radius 1 is 1.16 bits per heavy atom. The molecule has 1 heterocycles. The molecule has 0 atom stereocenters. The monoisotopic (exact) mass is 347 g/mol. The van der Waals surface area contributed by atoms with Crippen molar-refractivity contribution in [2.45, 2.75) is 51.9 Å². The molecule has 1 aromatic rings. The van der Waals surface area contributed by atoms with Crippen LogP contribution in [0.25, 0.3) is 0 Å². The molecule has 0 aliphatic carbocycles. The first-order chi connectivity index (χ1) is 12.0. The van der Waals surface area contributed by atoms with Gasteiger partial charge in [-0.05, 0) is 24.6 Å². The summed E-state index contributed by atoms with van der Waals surface area (Å²) in [6.07, 6.45) is 5.21. The van der Waals surface area contributed by atoms with Gasteiger partial charge in [0.1, 0.15) is 5.75 Å². The number of hydrogen-bond donors (Lipinski definition) is 1. The van der Waals surface area contributed by atoms with Crippen molar-refractivity contribution in [3.05, 3.63) is 23.8 Å². The van der Waals surface area contributed by atoms with E-state index in [-0.39, 0.29) is 31.1 Å². The number of benzene rings is 1. The van der Waals surface area contributed by atoms with Crippen LogP contribution in [0.2, 0.25) is 0 Å². The summed E-state index contributed by atoms with van der Waals surface area (Å²) >= 11 is 0. The van der Waals surface area contributed by atoms with E-state index in [1.165, 1.54) is 12.8 Å². The zero-order valence-electron chi connectivity index (χ0n) is 14.6. The van der Waals surface area contributed by atoms with Crippen LogP contribution in [0.5, 0.6) is 5.75 Å². The van der Waals surface area contributed by atoms with E-state index in [0.29, 0.717) is 23.5 Å². The number of amides is 1. The minimum absolute atomic E-state index is 0.00820. The number of unbranched alkanes of at least 4 members (excludes halogenated alkanes) is 4. The van der Waals surface area contributed by atoms with Gasteiger partial charge in [0, 0.05) is 18.5 Å². The number of carboxylic acid groups (broad SMARTS) is 1. The number of anilines is 1. The number of fused-ring (bicyclic) bond motifs is 1. The number of Topliss-reactive ketones (excluding diaryl/α,β-unsaturated/α-hetero) is 1. The average molecular weight is 347 g/mol. The first-order valence-electron chi connectivity index (χ1n) is 8.85. The zero-order chi connectivity index (χ0) is 18.2. The van der Waals surface area contributed by atoms with Gasteiger partial charge in [-0.25, -0.2) is 0 Å². The van der Waals surface area contributed by atoms with E-state index in [2.05, 4.69) is 6.92 Å². The summed E-state index contributed by atoms with van der Waals surface area (Å²) in [5.41, 5.74) is 1.02. The molecule has 2 rings (SSSR count). The summed E-state index contributed by atoms with van der Waals surface area (Å²) in [7, 11) is 0. The van der Waals surface area contributed by atoms with E-state index in [1.807, 2.05) is 0 Å². The molecular formula is C19H25NO5. The van der Waals surface area contributed by atoms with Gasteiger partial charge in [0.15, 0.2) is 12.4 Å². The Kier molecular flexibility index (Phi) is 6.98. The van der Waals surface area contributed by atoms with Gasteiger partial charge in [-0.1, -0.05) is 32.6 Å². The second kappa shape index (κ2) is 9.20. The van der Waals surface area contributed by atoms with Crippen LogP contribution >= 0.6 is 0 Å². The fraction of sp³-hybridized carbons (Fsp3) is 0.526. The highest BCUT2D eigenvalue weighted by Crippen LogP contribution is 2.33. The Bertz CT molecular complexity index is 641. The third kappa shape index (κ3) is 5.31. The van der Waals surface area contributed by atoms with Crippen LogP contribution in [0, 0.1) is 0 Å². The molecule has 25 heavy (non-hydrogen) atoms. The second-order valence-electron chi connectivity index (χ2n) is 6.25. The highest BCUT2D eigenvalue weighted by atomic mass is 16.5. The van der Waals surface area contributed by atoms with Crippen LogP contribution in [0.15, 0.2) is 18.2 Å². The number of ketones is 1. The minimum atomic E-state index is -1.00. The fourth-order valence-corrected chi connectivity index (χ4v) is 2.86. The molecule has 0 spiro atoms. The number of nitrogens with zero attached hydrogens (tertiary/aromatic N) is 1. The van der Waals surface area contributed by atoms with E-state index < -0.39 is 5.97 Å². The van der Waals surface area contributed by atoms with E-state index in [9.17, 15) is 14.4 Å². The number of carboxylic acids is 1. The molecule has 1 aliphatic heterocycles. The molecule has 1 amide bonds. The summed E-state index contributed by atoms with van der Waals surface area (Å²) in [5, 5.41) is 8.71. The maximum atomic E-state index is 12.2. The SMILES string of the molecule is CCCCCCCN1C(=O)COc2ccc(C(=O)CCC(=O)O)cc21. The predicted octanol–water partition coefficient (Wildman–Crippen LogP) is 3.43. The number of rotatable bonds is 10. The third-order valence-electron chi connectivity index (χ3n) is 4.28. The van der Waals surface area contributed by atoms with Crippen LogP contribution in [0.4, 0.5) is 5.69 Å². The van der Waals surface area contributed by atoms with Crippen molar-refractivity contribution in [3.63, 3.8) is 0 Å². The summed E-state index contributed by atoms with van der Waals surface area (Å²) in [4.78, 5) is 36.7. The topological polar surface area (TPSA) is 83.9 Å². The van der Waals surface area contributed by atoms with Crippen molar-refractivity contribution in [3.8, 4) is 5.75 Å². The van der Waals surface area contributed by atoms with E-state index in [4.69, 9.17) is 9.84 Å². The summed E-state index contributed by atoms with van der Waals surface area (Å²) in [5.74, 6) is -0.772. The van der Waals surface area contributed by atoms with Crippen molar-refractivity contribution in [2.75, 3.05) is 18.1 Å². The van der Waals surface area contributed by atoms with Crippen LogP contribution < -0.4 is 9.64 Å². The molecule has 1 N–H and O–H groups in total. The van der Waals surface area contributed by atoms with Crippen molar-refractivity contribution in [1.29, 1.82) is 0 Å². The molecule has 0 bridgehead atoms. The number of ether oxygens (including phenoxy) is 1. The molecule has 0 saturated carbocycles. The molecule has 6 nitrogen and oxygen atoms in total. The van der Waals surface area contributed by atoms with Crippen molar-refractivity contribution in [2.24, 2.45) is 0 Å². The molecule has 0 saturated heterocycles.